The van der Waals surface area contributed by atoms with E-state index < -0.39 is 0 Å². The van der Waals surface area contributed by atoms with Gasteiger partial charge in [-0.25, -0.2) is 0 Å². The van der Waals surface area contributed by atoms with Crippen LogP contribution in [0.25, 0.3) is 0 Å². The summed E-state index contributed by atoms with van der Waals surface area (Å²) in [5, 5.41) is 4.32. The van der Waals surface area contributed by atoms with Crippen LogP contribution < -0.4 is 11.2 Å². The van der Waals surface area contributed by atoms with Gasteiger partial charge in [-0.2, -0.15) is 5.10 Å². The van der Waals surface area contributed by atoms with Gasteiger partial charge in [0.15, 0.2) is 0 Å². The fraction of sp³-hybridized carbons (Fsp3) is 0.500. The number of nitrogens with zero attached hydrogens (tertiary/aromatic N) is 1. The Morgan fingerprint density at radius 1 is 1.09 bits per heavy atom. The molecule has 22 heavy (non-hydrogen) atoms. The van der Waals surface area contributed by atoms with Gasteiger partial charge in [-0.15, -0.1) is 11.8 Å². The highest BCUT2D eigenvalue weighted by atomic mass is 32.2. The monoisotopic (exact) mass is 319 g/mol. The standard InChI is InChI=1S/C18H29N3S/c1-5-6-7-8-13-22-17-11-9-16(10-12-17)15(4)20-21-18(19)14(2)3/h9-12,21H,5-8,13,19H2,1-4H3/b20-15+. The molecule has 0 aliphatic heterocycles. The van der Waals surface area contributed by atoms with Crippen LogP contribution in [-0.4, -0.2) is 11.5 Å². The smallest absolute Gasteiger partial charge is 0.115 e. The summed E-state index contributed by atoms with van der Waals surface area (Å²) in [5.74, 6) is 1.81. The summed E-state index contributed by atoms with van der Waals surface area (Å²) in [6.07, 6.45) is 5.28. The summed E-state index contributed by atoms with van der Waals surface area (Å²) in [4.78, 5) is 1.32. The third-order valence-corrected chi connectivity index (χ3v) is 4.52. The lowest BCUT2D eigenvalue weighted by Crippen LogP contribution is -2.17. The molecule has 1 aromatic carbocycles. The van der Waals surface area contributed by atoms with Crippen molar-refractivity contribution in [1.29, 1.82) is 0 Å². The molecule has 0 saturated carbocycles. The van der Waals surface area contributed by atoms with Crippen LogP contribution in [0.3, 0.4) is 0 Å². The van der Waals surface area contributed by atoms with E-state index in [-0.39, 0.29) is 0 Å². The number of rotatable bonds is 9. The van der Waals surface area contributed by atoms with Crippen molar-refractivity contribution in [2.24, 2.45) is 10.8 Å². The zero-order valence-corrected chi connectivity index (χ0v) is 15.1. The van der Waals surface area contributed by atoms with Crippen molar-refractivity contribution in [3.8, 4) is 0 Å². The number of nitrogens with one attached hydrogen (secondary N) is 1. The van der Waals surface area contributed by atoms with Crippen LogP contribution in [0.1, 0.15) is 58.9 Å². The normalized spacial score (nSPS) is 11.4. The molecule has 1 rings (SSSR count). The Labute approximate surface area is 139 Å². The van der Waals surface area contributed by atoms with Crippen molar-refractivity contribution < 1.29 is 0 Å². The molecule has 4 heteroatoms. The molecule has 0 aromatic heterocycles. The molecule has 0 radical (unpaired) electrons. The van der Waals surface area contributed by atoms with Gasteiger partial charge in [0.25, 0.3) is 0 Å². The molecule has 0 amide bonds. The molecule has 122 valence electrons. The van der Waals surface area contributed by atoms with Gasteiger partial charge in [-0.3, -0.25) is 5.43 Å². The Hall–Kier alpha value is -1.42. The molecule has 0 atom stereocenters. The zero-order chi connectivity index (χ0) is 16.4. The Kier molecular flexibility index (Phi) is 8.75. The number of benzene rings is 1. The lowest BCUT2D eigenvalue weighted by molar-refractivity contribution is 0.706. The van der Waals surface area contributed by atoms with E-state index in [1.807, 2.05) is 32.5 Å². The lowest BCUT2D eigenvalue weighted by Gasteiger charge is -2.06. The quantitative estimate of drug-likeness (QED) is 0.295. The van der Waals surface area contributed by atoms with Crippen molar-refractivity contribution in [2.75, 3.05) is 5.75 Å². The molecular weight excluding hydrogens is 290 g/mol. The number of hydrazone groups is 1. The van der Waals surface area contributed by atoms with Gasteiger partial charge in [0, 0.05) is 4.90 Å². The van der Waals surface area contributed by atoms with Crippen molar-refractivity contribution in [3.05, 3.63) is 41.2 Å². The van der Waals surface area contributed by atoms with Crippen LogP contribution in [0.5, 0.6) is 0 Å². The van der Waals surface area contributed by atoms with E-state index in [4.69, 9.17) is 5.73 Å². The third kappa shape index (κ3) is 7.03. The predicted octanol–water partition coefficient (Wildman–Crippen LogP) is 4.88. The third-order valence-electron chi connectivity index (χ3n) is 3.42. The fourth-order valence-electron chi connectivity index (χ4n) is 1.83. The Morgan fingerprint density at radius 3 is 2.36 bits per heavy atom. The molecular formula is C18H29N3S. The van der Waals surface area contributed by atoms with Gasteiger partial charge in [0.1, 0.15) is 5.82 Å². The molecule has 3 N–H and O–H groups in total. The first-order chi connectivity index (χ1) is 10.5. The second kappa shape index (κ2) is 10.3. The first kappa shape index (κ1) is 18.6. The maximum Gasteiger partial charge on any atom is 0.115 e. The van der Waals surface area contributed by atoms with Crippen LogP contribution in [-0.2, 0) is 0 Å². The average Bonchev–Trinajstić information content (AvgIpc) is 2.52. The molecule has 0 aliphatic carbocycles. The first-order valence-corrected chi connectivity index (χ1v) is 8.99. The lowest BCUT2D eigenvalue weighted by atomic mass is 10.1. The minimum absolute atomic E-state index is 0.610. The summed E-state index contributed by atoms with van der Waals surface area (Å²) < 4.78 is 0. The highest BCUT2D eigenvalue weighted by Gasteiger charge is 2.00. The summed E-state index contributed by atoms with van der Waals surface area (Å²) >= 11 is 1.93. The Bertz CT molecular complexity index is 500. The van der Waals surface area contributed by atoms with Gasteiger partial charge >= 0.3 is 0 Å². The van der Waals surface area contributed by atoms with Gasteiger partial charge in [0.2, 0.25) is 0 Å². The molecule has 0 unspecified atom stereocenters. The van der Waals surface area contributed by atoms with Gasteiger partial charge in [0.05, 0.1) is 5.71 Å². The van der Waals surface area contributed by atoms with E-state index in [9.17, 15) is 0 Å². The van der Waals surface area contributed by atoms with E-state index in [0.717, 1.165) is 16.8 Å². The molecule has 0 bridgehead atoms. The number of hydrogen-bond donors (Lipinski definition) is 2. The minimum Gasteiger partial charge on any atom is -0.384 e. The van der Waals surface area contributed by atoms with Crippen LogP contribution in [0, 0.1) is 0 Å². The number of nitrogens with two attached hydrogens (primary N) is 1. The number of allylic oxidation sites excluding steroid dienone is 1. The predicted molar refractivity (Wildman–Crippen MR) is 99.2 cm³/mol. The zero-order valence-electron chi connectivity index (χ0n) is 14.3. The summed E-state index contributed by atoms with van der Waals surface area (Å²) in [6.45, 7) is 8.15. The molecule has 0 fully saturated rings. The van der Waals surface area contributed by atoms with Crippen LogP contribution in [0.4, 0.5) is 0 Å². The number of thioether (sulfide) groups is 1. The van der Waals surface area contributed by atoms with Gasteiger partial charge in [-0.05, 0) is 56.2 Å². The minimum atomic E-state index is 0.610. The van der Waals surface area contributed by atoms with Crippen molar-refractivity contribution in [3.63, 3.8) is 0 Å². The largest absolute Gasteiger partial charge is 0.384 e. The second-order valence-electron chi connectivity index (χ2n) is 5.66. The molecule has 0 saturated heterocycles. The van der Waals surface area contributed by atoms with Crippen LogP contribution >= 0.6 is 11.8 Å². The molecule has 0 heterocycles. The summed E-state index contributed by atoms with van der Waals surface area (Å²) in [6, 6.07) is 8.58. The SMILES string of the molecule is CCCCCCSc1ccc(/C(C)=N/NC(N)=C(C)C)cc1. The molecule has 0 aliphatic rings. The van der Waals surface area contributed by atoms with E-state index in [1.54, 1.807) is 0 Å². The average molecular weight is 320 g/mol. The van der Waals surface area contributed by atoms with Gasteiger partial charge < -0.3 is 5.73 Å². The highest BCUT2D eigenvalue weighted by molar-refractivity contribution is 7.99. The van der Waals surface area contributed by atoms with E-state index in [2.05, 4.69) is 41.7 Å². The number of unbranched alkanes of at least 4 members (excludes halogenated alkanes) is 3. The van der Waals surface area contributed by atoms with Crippen molar-refractivity contribution in [2.45, 2.75) is 58.3 Å². The maximum absolute atomic E-state index is 5.81. The van der Waals surface area contributed by atoms with Crippen LogP contribution in [0.2, 0.25) is 0 Å². The van der Waals surface area contributed by atoms with E-state index in [1.165, 1.54) is 36.3 Å². The van der Waals surface area contributed by atoms with E-state index in [0.29, 0.717) is 5.82 Å². The summed E-state index contributed by atoms with van der Waals surface area (Å²) in [5.41, 5.74) is 11.8. The Morgan fingerprint density at radius 2 is 1.77 bits per heavy atom. The van der Waals surface area contributed by atoms with E-state index >= 15 is 0 Å². The summed E-state index contributed by atoms with van der Waals surface area (Å²) in [7, 11) is 0. The maximum atomic E-state index is 5.81. The van der Waals surface area contributed by atoms with Crippen molar-refractivity contribution in [1.82, 2.24) is 5.43 Å². The van der Waals surface area contributed by atoms with Crippen molar-refractivity contribution >= 4 is 17.5 Å². The highest BCUT2D eigenvalue weighted by Crippen LogP contribution is 2.20. The Balaban J connectivity index is 2.50. The molecule has 1 aromatic rings. The van der Waals surface area contributed by atoms with Gasteiger partial charge in [-0.1, -0.05) is 38.3 Å². The fourth-order valence-corrected chi connectivity index (χ4v) is 2.74. The second-order valence-corrected chi connectivity index (χ2v) is 6.82. The number of hydrogen-bond acceptors (Lipinski definition) is 4. The first-order valence-electron chi connectivity index (χ1n) is 8.01. The molecule has 0 spiro atoms. The molecule has 3 nitrogen and oxygen atoms in total. The van der Waals surface area contributed by atoms with Crippen LogP contribution in [0.15, 0.2) is 45.7 Å². The topological polar surface area (TPSA) is 50.4 Å².